The molecule has 0 saturated heterocycles. The molecule has 2 nitrogen and oxygen atoms in total. The molecule has 0 unspecified atom stereocenters. The van der Waals surface area contributed by atoms with Crippen molar-refractivity contribution in [3.63, 3.8) is 0 Å². The second kappa shape index (κ2) is 7.14. The van der Waals surface area contributed by atoms with E-state index in [-0.39, 0.29) is 5.78 Å². The summed E-state index contributed by atoms with van der Waals surface area (Å²) < 4.78 is 0. The number of hydrogen-bond acceptors (Lipinski definition) is 4. The molecule has 118 valence electrons. The van der Waals surface area contributed by atoms with Gasteiger partial charge in [0.15, 0.2) is 0 Å². The summed E-state index contributed by atoms with van der Waals surface area (Å²) in [4.78, 5) is 15.0. The van der Waals surface area contributed by atoms with Crippen molar-refractivity contribution in [2.24, 2.45) is 0 Å². The Morgan fingerprint density at radius 3 is 2.46 bits per heavy atom. The molecule has 0 radical (unpaired) electrons. The van der Waals surface area contributed by atoms with E-state index in [0.29, 0.717) is 21.0 Å². The number of halogens is 1. The molecule has 0 bridgehead atoms. The minimum absolute atomic E-state index is 0.0625. The third-order valence-electron chi connectivity index (χ3n) is 3.50. The van der Waals surface area contributed by atoms with Crippen LogP contribution in [0.1, 0.15) is 30.6 Å². The number of thiophene rings is 2. The van der Waals surface area contributed by atoms with Crippen LogP contribution in [-0.4, -0.2) is 5.78 Å². The third-order valence-corrected chi connectivity index (χ3v) is 5.83. The van der Waals surface area contributed by atoms with Crippen LogP contribution in [-0.2, 0) is 0 Å². The molecule has 3 rings (SSSR count). The standard InChI is InChI=1S/C19H12ClNOS2/c1-12-8-9-23-18(12)10-14(11-21)16-6-7-17(24-16)19(22)13-2-4-15(20)5-3-13/h2-10H,1H3. The number of benzene rings is 1. The predicted molar refractivity (Wildman–Crippen MR) is 102 cm³/mol. The van der Waals surface area contributed by atoms with Gasteiger partial charge in [-0.15, -0.1) is 22.7 Å². The van der Waals surface area contributed by atoms with Crippen LogP contribution in [0.4, 0.5) is 0 Å². The Morgan fingerprint density at radius 2 is 1.83 bits per heavy atom. The summed E-state index contributed by atoms with van der Waals surface area (Å²) in [6, 6.07) is 14.7. The van der Waals surface area contributed by atoms with Gasteiger partial charge in [-0.1, -0.05) is 11.6 Å². The van der Waals surface area contributed by atoms with E-state index < -0.39 is 0 Å². The van der Waals surface area contributed by atoms with Gasteiger partial charge in [-0.05, 0) is 66.4 Å². The lowest BCUT2D eigenvalue weighted by Gasteiger charge is -1.98. The van der Waals surface area contributed by atoms with Crippen molar-refractivity contribution in [3.8, 4) is 6.07 Å². The van der Waals surface area contributed by atoms with Crippen molar-refractivity contribution >= 4 is 51.7 Å². The van der Waals surface area contributed by atoms with Crippen LogP contribution in [0.3, 0.4) is 0 Å². The first-order chi connectivity index (χ1) is 11.6. The Bertz CT molecular complexity index is 958. The van der Waals surface area contributed by atoms with Gasteiger partial charge in [0.25, 0.3) is 0 Å². The quantitative estimate of drug-likeness (QED) is 0.414. The molecule has 0 amide bonds. The monoisotopic (exact) mass is 369 g/mol. The average Bonchev–Trinajstić information content (AvgIpc) is 3.22. The predicted octanol–water partition coefficient (Wildman–Crippen LogP) is 6.07. The molecule has 0 aliphatic carbocycles. The first-order valence-corrected chi connectivity index (χ1v) is 9.22. The van der Waals surface area contributed by atoms with Crippen molar-refractivity contribution in [1.82, 2.24) is 0 Å². The average molecular weight is 370 g/mol. The van der Waals surface area contributed by atoms with Crippen LogP contribution in [0.25, 0.3) is 11.6 Å². The molecule has 3 aromatic rings. The largest absolute Gasteiger partial charge is 0.288 e. The maximum atomic E-state index is 12.5. The zero-order valence-electron chi connectivity index (χ0n) is 12.7. The van der Waals surface area contributed by atoms with Crippen molar-refractivity contribution in [3.05, 3.63) is 78.6 Å². The van der Waals surface area contributed by atoms with E-state index in [9.17, 15) is 10.1 Å². The fourth-order valence-electron chi connectivity index (χ4n) is 2.17. The van der Waals surface area contributed by atoms with Crippen molar-refractivity contribution in [1.29, 1.82) is 5.26 Å². The Hall–Kier alpha value is -2.19. The highest BCUT2D eigenvalue weighted by atomic mass is 35.5. The van der Waals surface area contributed by atoms with Crippen LogP contribution >= 0.6 is 34.3 Å². The Kier molecular flexibility index (Phi) is 4.96. The Labute approximate surface area is 153 Å². The maximum absolute atomic E-state index is 12.5. The van der Waals surface area contributed by atoms with Gasteiger partial charge in [0.05, 0.1) is 10.5 Å². The van der Waals surface area contributed by atoms with Gasteiger partial charge in [-0.2, -0.15) is 5.26 Å². The number of carbonyl (C=O) groups is 1. The molecular formula is C19H12ClNOS2. The van der Waals surface area contributed by atoms with E-state index in [1.807, 2.05) is 30.5 Å². The molecule has 0 atom stereocenters. The molecule has 2 aromatic heterocycles. The Morgan fingerprint density at radius 1 is 1.12 bits per heavy atom. The van der Waals surface area contributed by atoms with E-state index in [1.54, 1.807) is 41.7 Å². The summed E-state index contributed by atoms with van der Waals surface area (Å²) in [6.07, 6.45) is 1.88. The second-order valence-electron chi connectivity index (χ2n) is 5.14. The fraction of sp³-hybridized carbons (Fsp3) is 0.0526. The summed E-state index contributed by atoms with van der Waals surface area (Å²) in [6.45, 7) is 2.02. The fourth-order valence-corrected chi connectivity index (χ4v) is 4.09. The first-order valence-electron chi connectivity index (χ1n) is 7.15. The van der Waals surface area contributed by atoms with Gasteiger partial charge in [0, 0.05) is 20.3 Å². The van der Waals surface area contributed by atoms with Crippen LogP contribution in [0.5, 0.6) is 0 Å². The molecule has 0 saturated carbocycles. The molecule has 0 fully saturated rings. The minimum Gasteiger partial charge on any atom is -0.288 e. The normalized spacial score (nSPS) is 11.3. The zero-order valence-corrected chi connectivity index (χ0v) is 15.1. The van der Waals surface area contributed by atoms with Gasteiger partial charge >= 0.3 is 0 Å². The van der Waals surface area contributed by atoms with E-state index in [0.717, 1.165) is 15.3 Å². The number of ketones is 1. The van der Waals surface area contributed by atoms with Gasteiger partial charge in [-0.3, -0.25) is 4.79 Å². The van der Waals surface area contributed by atoms with Gasteiger partial charge in [0.1, 0.15) is 6.07 Å². The SMILES string of the molecule is Cc1ccsc1C=C(C#N)c1ccc(C(=O)c2ccc(Cl)cc2)s1. The van der Waals surface area contributed by atoms with Crippen LogP contribution in [0, 0.1) is 18.3 Å². The highest BCUT2D eigenvalue weighted by Crippen LogP contribution is 2.29. The second-order valence-corrected chi connectivity index (χ2v) is 7.61. The first kappa shape index (κ1) is 16.7. The number of allylic oxidation sites excluding steroid dienone is 1. The van der Waals surface area contributed by atoms with Gasteiger partial charge in [0.2, 0.25) is 5.78 Å². The number of aryl methyl sites for hydroxylation is 1. The highest BCUT2D eigenvalue weighted by Gasteiger charge is 2.14. The van der Waals surface area contributed by atoms with Crippen molar-refractivity contribution < 1.29 is 4.79 Å². The molecule has 0 N–H and O–H groups in total. The lowest BCUT2D eigenvalue weighted by atomic mass is 10.1. The van der Waals surface area contributed by atoms with E-state index >= 15 is 0 Å². The van der Waals surface area contributed by atoms with Gasteiger partial charge < -0.3 is 0 Å². The number of nitriles is 1. The van der Waals surface area contributed by atoms with Crippen LogP contribution in [0.15, 0.2) is 47.8 Å². The highest BCUT2D eigenvalue weighted by molar-refractivity contribution is 7.15. The lowest BCUT2D eigenvalue weighted by Crippen LogP contribution is -1.97. The van der Waals surface area contributed by atoms with Crippen LogP contribution < -0.4 is 0 Å². The molecule has 0 spiro atoms. The van der Waals surface area contributed by atoms with E-state index in [1.165, 1.54) is 11.3 Å². The number of rotatable bonds is 4. The van der Waals surface area contributed by atoms with E-state index in [2.05, 4.69) is 6.07 Å². The molecule has 0 aliphatic rings. The molecule has 0 aliphatic heterocycles. The van der Waals surface area contributed by atoms with Crippen LogP contribution in [0.2, 0.25) is 5.02 Å². The lowest BCUT2D eigenvalue weighted by molar-refractivity contribution is 0.104. The summed E-state index contributed by atoms with van der Waals surface area (Å²) in [5.74, 6) is -0.0625. The Balaban J connectivity index is 1.91. The van der Waals surface area contributed by atoms with Crippen molar-refractivity contribution in [2.45, 2.75) is 6.92 Å². The summed E-state index contributed by atoms with van der Waals surface area (Å²) in [7, 11) is 0. The minimum atomic E-state index is -0.0625. The summed E-state index contributed by atoms with van der Waals surface area (Å²) >= 11 is 8.78. The zero-order chi connectivity index (χ0) is 17.1. The molecule has 1 aromatic carbocycles. The molecular weight excluding hydrogens is 358 g/mol. The van der Waals surface area contributed by atoms with E-state index in [4.69, 9.17) is 11.6 Å². The number of hydrogen-bond donors (Lipinski definition) is 0. The smallest absolute Gasteiger partial charge is 0.202 e. The third kappa shape index (κ3) is 3.49. The summed E-state index contributed by atoms with van der Waals surface area (Å²) in [5.41, 5.74) is 2.30. The summed E-state index contributed by atoms with van der Waals surface area (Å²) in [5, 5.41) is 12.1. The number of nitrogens with zero attached hydrogens (tertiary/aromatic N) is 1. The van der Waals surface area contributed by atoms with Gasteiger partial charge in [-0.25, -0.2) is 0 Å². The maximum Gasteiger partial charge on any atom is 0.202 e. The number of carbonyl (C=O) groups excluding carboxylic acids is 1. The topological polar surface area (TPSA) is 40.9 Å². The molecule has 5 heteroatoms. The van der Waals surface area contributed by atoms with Crippen molar-refractivity contribution in [2.75, 3.05) is 0 Å². The molecule has 2 heterocycles. The molecule has 24 heavy (non-hydrogen) atoms.